The average Bonchev–Trinajstić information content (AvgIpc) is 3.38. The van der Waals surface area contributed by atoms with Crippen molar-refractivity contribution >= 4 is 0 Å². The molecule has 7 nitrogen and oxygen atoms in total. The number of aryl methyl sites for hydroxylation is 1. The Hall–Kier alpha value is -3.08. The van der Waals surface area contributed by atoms with Crippen LogP contribution in [0.1, 0.15) is 36.2 Å². The minimum Gasteiger partial charge on any atom is -0.494 e. The molecule has 0 amide bonds. The molecule has 0 saturated carbocycles. The number of nitrogens with one attached hydrogen (secondary N) is 2. The van der Waals surface area contributed by atoms with Crippen LogP contribution in [0.25, 0.3) is 0 Å². The van der Waals surface area contributed by atoms with Gasteiger partial charge in [0.2, 0.25) is 5.76 Å². The molecule has 0 bridgehead atoms. The Balaban J connectivity index is 1.24. The Morgan fingerprint density at radius 2 is 2.13 bits per heavy atom. The standard InChI is InChI=1S/C23H27N5O2/c1-2-23-26-11-12-28(23)17-19-14-22(30-27-19)9-6-18-4-7-21(8-5-18)29-13-3-10-25-20-15-24-16-20/h4-5,7-8,11-12,14,20,24-25H,2-3,10,13,15-17H2,1H3. The number of aromatic nitrogens is 3. The summed E-state index contributed by atoms with van der Waals surface area (Å²) in [5.41, 5.74) is 1.74. The molecule has 0 unspecified atom stereocenters. The van der Waals surface area contributed by atoms with E-state index in [0.717, 1.165) is 55.3 Å². The van der Waals surface area contributed by atoms with E-state index in [2.05, 4.69) is 44.1 Å². The third-order valence-electron chi connectivity index (χ3n) is 5.00. The van der Waals surface area contributed by atoms with E-state index < -0.39 is 0 Å². The molecule has 0 spiro atoms. The van der Waals surface area contributed by atoms with Gasteiger partial charge in [-0.2, -0.15) is 0 Å². The Bertz CT molecular complexity index is 993. The van der Waals surface area contributed by atoms with Crippen molar-refractivity contribution in [1.82, 2.24) is 25.3 Å². The van der Waals surface area contributed by atoms with Gasteiger partial charge in [0.05, 0.1) is 13.2 Å². The second kappa shape index (κ2) is 10.1. The van der Waals surface area contributed by atoms with Gasteiger partial charge in [0.25, 0.3) is 0 Å². The lowest BCUT2D eigenvalue weighted by Gasteiger charge is -2.28. The summed E-state index contributed by atoms with van der Waals surface area (Å²) in [4.78, 5) is 4.32. The molecule has 4 rings (SSSR count). The molecule has 156 valence electrons. The van der Waals surface area contributed by atoms with Crippen LogP contribution in [0.2, 0.25) is 0 Å². The number of benzene rings is 1. The van der Waals surface area contributed by atoms with E-state index in [1.165, 1.54) is 0 Å². The van der Waals surface area contributed by atoms with Crippen LogP contribution < -0.4 is 15.4 Å². The quantitative estimate of drug-likeness (QED) is 0.420. The van der Waals surface area contributed by atoms with Crippen molar-refractivity contribution in [3.63, 3.8) is 0 Å². The summed E-state index contributed by atoms with van der Waals surface area (Å²) in [5.74, 6) is 8.58. The Kier molecular flexibility index (Phi) is 6.80. The smallest absolute Gasteiger partial charge is 0.210 e. The second-order valence-electron chi connectivity index (χ2n) is 7.29. The number of ether oxygens (including phenoxy) is 1. The zero-order valence-corrected chi connectivity index (χ0v) is 17.2. The molecule has 3 aromatic rings. The lowest BCUT2D eigenvalue weighted by Crippen LogP contribution is -2.55. The summed E-state index contributed by atoms with van der Waals surface area (Å²) in [5, 5.41) is 10.8. The van der Waals surface area contributed by atoms with Gasteiger partial charge < -0.3 is 24.5 Å². The monoisotopic (exact) mass is 405 g/mol. The molecular weight excluding hydrogens is 378 g/mol. The second-order valence-corrected chi connectivity index (χ2v) is 7.29. The van der Waals surface area contributed by atoms with Gasteiger partial charge in [-0.15, -0.1) is 0 Å². The maximum atomic E-state index is 5.79. The molecule has 1 aliphatic heterocycles. The summed E-state index contributed by atoms with van der Waals surface area (Å²) in [7, 11) is 0. The van der Waals surface area contributed by atoms with Crippen LogP contribution in [0.15, 0.2) is 47.2 Å². The molecule has 1 saturated heterocycles. The molecule has 1 aliphatic rings. The van der Waals surface area contributed by atoms with Crippen molar-refractivity contribution in [3.8, 4) is 17.6 Å². The van der Waals surface area contributed by atoms with E-state index in [1.807, 2.05) is 36.5 Å². The predicted octanol–water partition coefficient (Wildman–Crippen LogP) is 2.21. The van der Waals surface area contributed by atoms with Gasteiger partial charge in [0.15, 0.2) is 0 Å². The summed E-state index contributed by atoms with van der Waals surface area (Å²) in [6.45, 7) is 6.55. The van der Waals surface area contributed by atoms with Crippen LogP contribution in [0, 0.1) is 11.8 Å². The average molecular weight is 406 g/mol. The summed E-state index contributed by atoms with van der Waals surface area (Å²) in [6.07, 6.45) is 5.62. The largest absolute Gasteiger partial charge is 0.494 e. The molecule has 0 aliphatic carbocycles. The number of hydrogen-bond acceptors (Lipinski definition) is 6. The highest BCUT2D eigenvalue weighted by Crippen LogP contribution is 2.12. The first-order chi connectivity index (χ1) is 14.8. The maximum Gasteiger partial charge on any atom is 0.210 e. The normalized spacial score (nSPS) is 13.5. The van der Waals surface area contributed by atoms with Crippen LogP contribution in [0.5, 0.6) is 5.75 Å². The zero-order valence-electron chi connectivity index (χ0n) is 17.2. The molecule has 0 atom stereocenters. The van der Waals surface area contributed by atoms with Crippen molar-refractivity contribution in [1.29, 1.82) is 0 Å². The van der Waals surface area contributed by atoms with Crippen molar-refractivity contribution in [2.24, 2.45) is 0 Å². The molecule has 30 heavy (non-hydrogen) atoms. The van der Waals surface area contributed by atoms with Gasteiger partial charge in [-0.3, -0.25) is 0 Å². The van der Waals surface area contributed by atoms with E-state index in [-0.39, 0.29) is 0 Å². The summed E-state index contributed by atoms with van der Waals surface area (Å²) < 4.78 is 13.2. The maximum absolute atomic E-state index is 5.79. The number of rotatable bonds is 9. The third kappa shape index (κ3) is 5.50. The molecule has 1 fully saturated rings. The van der Waals surface area contributed by atoms with E-state index in [4.69, 9.17) is 9.26 Å². The van der Waals surface area contributed by atoms with Crippen molar-refractivity contribution in [2.75, 3.05) is 26.2 Å². The van der Waals surface area contributed by atoms with Crippen LogP contribution in [0.4, 0.5) is 0 Å². The first kappa shape index (κ1) is 20.2. The lowest BCUT2D eigenvalue weighted by molar-refractivity contribution is 0.294. The Labute approximate surface area is 176 Å². The van der Waals surface area contributed by atoms with Gasteiger partial charge in [-0.25, -0.2) is 4.98 Å². The van der Waals surface area contributed by atoms with Crippen molar-refractivity contribution in [3.05, 3.63) is 65.6 Å². The fourth-order valence-electron chi connectivity index (χ4n) is 3.19. The third-order valence-corrected chi connectivity index (χ3v) is 5.00. The number of nitrogens with zero attached hydrogens (tertiary/aromatic N) is 3. The highest BCUT2D eigenvalue weighted by atomic mass is 16.5. The van der Waals surface area contributed by atoms with Crippen molar-refractivity contribution < 1.29 is 9.26 Å². The Morgan fingerprint density at radius 3 is 2.90 bits per heavy atom. The van der Waals surface area contributed by atoms with E-state index in [1.54, 1.807) is 6.20 Å². The minimum absolute atomic E-state index is 0.553. The summed E-state index contributed by atoms with van der Waals surface area (Å²) in [6, 6.07) is 10.3. The van der Waals surface area contributed by atoms with Gasteiger partial charge in [-0.1, -0.05) is 18.0 Å². The highest BCUT2D eigenvalue weighted by molar-refractivity contribution is 5.41. The molecule has 7 heteroatoms. The summed E-state index contributed by atoms with van der Waals surface area (Å²) >= 11 is 0. The van der Waals surface area contributed by atoms with Crippen LogP contribution in [0.3, 0.4) is 0 Å². The van der Waals surface area contributed by atoms with Gasteiger partial charge in [0, 0.05) is 49.6 Å². The van der Waals surface area contributed by atoms with Crippen LogP contribution in [-0.2, 0) is 13.0 Å². The van der Waals surface area contributed by atoms with Gasteiger partial charge in [-0.05, 0) is 43.2 Å². The molecular formula is C23H27N5O2. The van der Waals surface area contributed by atoms with Gasteiger partial charge >= 0.3 is 0 Å². The topological polar surface area (TPSA) is 77.1 Å². The minimum atomic E-state index is 0.553. The van der Waals surface area contributed by atoms with E-state index >= 15 is 0 Å². The first-order valence-corrected chi connectivity index (χ1v) is 10.4. The Morgan fingerprint density at radius 1 is 1.27 bits per heavy atom. The first-order valence-electron chi connectivity index (χ1n) is 10.4. The fourth-order valence-corrected chi connectivity index (χ4v) is 3.19. The molecule has 1 aromatic carbocycles. The molecule has 2 N–H and O–H groups in total. The number of hydrogen-bond donors (Lipinski definition) is 2. The molecule has 0 radical (unpaired) electrons. The highest BCUT2D eigenvalue weighted by Gasteiger charge is 2.14. The molecule has 2 aromatic heterocycles. The van der Waals surface area contributed by atoms with Crippen LogP contribution in [-0.4, -0.2) is 47.0 Å². The van der Waals surface area contributed by atoms with Gasteiger partial charge in [0.1, 0.15) is 17.3 Å². The molecule has 3 heterocycles. The predicted molar refractivity (Wildman–Crippen MR) is 114 cm³/mol. The van der Waals surface area contributed by atoms with E-state index in [9.17, 15) is 0 Å². The van der Waals surface area contributed by atoms with E-state index in [0.29, 0.717) is 25.0 Å². The SMILES string of the molecule is CCc1nccn1Cc1cc(C#Cc2ccc(OCCCNC3CNC3)cc2)on1. The number of imidazole rings is 1. The van der Waals surface area contributed by atoms with Crippen molar-refractivity contribution in [2.45, 2.75) is 32.4 Å². The lowest BCUT2D eigenvalue weighted by atomic mass is 10.2. The zero-order chi connectivity index (χ0) is 20.6. The fraction of sp³-hybridized carbons (Fsp3) is 0.391. The van der Waals surface area contributed by atoms with Crippen LogP contribution >= 0.6 is 0 Å².